The van der Waals surface area contributed by atoms with Crippen LogP contribution in [0.15, 0.2) is 18.2 Å². The molecule has 138 valence electrons. The molecule has 6 nitrogen and oxygen atoms in total. The third-order valence-electron chi connectivity index (χ3n) is 5.60. The summed E-state index contributed by atoms with van der Waals surface area (Å²) in [6.45, 7) is 1.46. The van der Waals surface area contributed by atoms with Crippen LogP contribution in [0.3, 0.4) is 0 Å². The van der Waals surface area contributed by atoms with Gasteiger partial charge in [0.1, 0.15) is 6.10 Å². The van der Waals surface area contributed by atoms with Crippen molar-refractivity contribution in [1.82, 2.24) is 0 Å². The summed E-state index contributed by atoms with van der Waals surface area (Å²) in [5, 5.41) is 3.18. The highest BCUT2D eigenvalue weighted by atomic mass is 79.9. The molecule has 0 radical (unpaired) electrons. The van der Waals surface area contributed by atoms with Gasteiger partial charge in [-0.25, -0.2) is 0 Å². The molecule has 1 aliphatic heterocycles. The number of benzene rings is 1. The zero-order valence-electron chi connectivity index (χ0n) is 13.9. The lowest BCUT2D eigenvalue weighted by molar-refractivity contribution is -0.157. The number of anilines is 1. The van der Waals surface area contributed by atoms with Crippen LogP contribution in [0.4, 0.5) is 5.69 Å². The second-order valence-corrected chi connectivity index (χ2v) is 8.55. The monoisotopic (exact) mass is 441 g/mol. The molecular formula is C18H17BrClNO5. The second kappa shape index (κ2) is 6.53. The SMILES string of the molecule is Cc1ccc(NC(=O)COC(=O)[C@@H]2[C@H]3C[C@H]4[C@H](OC(=O)[C@@H]42)[C@H]3Br)cc1Cl. The second-order valence-electron chi connectivity index (χ2n) is 7.08. The van der Waals surface area contributed by atoms with E-state index in [2.05, 4.69) is 21.2 Å². The average molecular weight is 443 g/mol. The van der Waals surface area contributed by atoms with E-state index in [1.807, 2.05) is 6.92 Å². The summed E-state index contributed by atoms with van der Waals surface area (Å²) in [5.41, 5.74) is 1.43. The highest BCUT2D eigenvalue weighted by Crippen LogP contribution is 2.60. The number of amides is 1. The van der Waals surface area contributed by atoms with Gasteiger partial charge < -0.3 is 14.8 Å². The van der Waals surface area contributed by atoms with Crippen molar-refractivity contribution in [3.63, 3.8) is 0 Å². The van der Waals surface area contributed by atoms with Crippen molar-refractivity contribution in [2.75, 3.05) is 11.9 Å². The quantitative estimate of drug-likeness (QED) is 0.573. The fourth-order valence-corrected chi connectivity index (χ4v) is 5.62. The fraction of sp³-hybridized carbons (Fsp3) is 0.500. The Morgan fingerprint density at radius 3 is 2.88 bits per heavy atom. The van der Waals surface area contributed by atoms with E-state index in [0.29, 0.717) is 10.7 Å². The third kappa shape index (κ3) is 2.81. The fourth-order valence-electron chi connectivity index (χ4n) is 4.39. The first-order valence-corrected chi connectivity index (χ1v) is 9.73. The number of carbonyl (C=O) groups is 3. The number of hydrogen-bond acceptors (Lipinski definition) is 5. The number of rotatable bonds is 4. The topological polar surface area (TPSA) is 81.7 Å². The number of hydrogen-bond donors (Lipinski definition) is 1. The van der Waals surface area contributed by atoms with E-state index in [-0.39, 0.29) is 28.7 Å². The Hall–Kier alpha value is -1.60. The van der Waals surface area contributed by atoms with Gasteiger partial charge in [-0.1, -0.05) is 33.6 Å². The van der Waals surface area contributed by atoms with E-state index in [1.54, 1.807) is 18.2 Å². The Kier molecular flexibility index (Phi) is 4.47. The standard InChI is InChI=1S/C18H17BrClNO5/c1-7-2-3-8(4-11(7)20)21-12(22)6-25-17(23)13-9-5-10-14(13)18(24)26-16(10)15(9)19/h2-4,9-10,13-16H,5-6H2,1H3,(H,21,22)/t9-,10-,13-,14+,15+,16+/m1/s1. The van der Waals surface area contributed by atoms with Crippen molar-refractivity contribution in [2.45, 2.75) is 24.3 Å². The minimum Gasteiger partial charge on any atom is -0.461 e. The van der Waals surface area contributed by atoms with Gasteiger partial charge in [0.25, 0.3) is 5.91 Å². The van der Waals surface area contributed by atoms with Crippen LogP contribution in [0.1, 0.15) is 12.0 Å². The van der Waals surface area contributed by atoms with Gasteiger partial charge in [-0.3, -0.25) is 14.4 Å². The molecule has 4 rings (SSSR count). The van der Waals surface area contributed by atoms with Gasteiger partial charge in [0, 0.05) is 16.6 Å². The van der Waals surface area contributed by atoms with Crippen molar-refractivity contribution in [3.8, 4) is 0 Å². The van der Waals surface area contributed by atoms with Crippen LogP contribution in [0, 0.1) is 30.6 Å². The zero-order valence-corrected chi connectivity index (χ0v) is 16.2. The minimum atomic E-state index is -0.544. The predicted molar refractivity (Wildman–Crippen MR) is 96.9 cm³/mol. The first-order chi connectivity index (χ1) is 12.4. The molecule has 0 aromatic heterocycles. The third-order valence-corrected chi connectivity index (χ3v) is 7.20. The molecule has 1 aromatic rings. The molecular weight excluding hydrogens is 426 g/mol. The normalized spacial score (nSPS) is 33.9. The van der Waals surface area contributed by atoms with Gasteiger partial charge in [0.2, 0.25) is 0 Å². The highest BCUT2D eigenvalue weighted by Gasteiger charge is 2.68. The zero-order chi connectivity index (χ0) is 18.6. The summed E-state index contributed by atoms with van der Waals surface area (Å²) in [6, 6.07) is 5.15. The van der Waals surface area contributed by atoms with Crippen molar-refractivity contribution in [3.05, 3.63) is 28.8 Å². The van der Waals surface area contributed by atoms with E-state index in [1.165, 1.54) is 0 Å². The largest absolute Gasteiger partial charge is 0.461 e. The van der Waals surface area contributed by atoms with Crippen molar-refractivity contribution >= 4 is 51.1 Å². The van der Waals surface area contributed by atoms with Gasteiger partial charge in [-0.05, 0) is 37.0 Å². The van der Waals surface area contributed by atoms with Crippen LogP contribution in [0.5, 0.6) is 0 Å². The predicted octanol–water partition coefficient (Wildman–Crippen LogP) is 2.70. The van der Waals surface area contributed by atoms with E-state index in [9.17, 15) is 14.4 Å². The summed E-state index contributed by atoms with van der Waals surface area (Å²) in [7, 11) is 0. The number of carbonyl (C=O) groups excluding carboxylic acids is 3. The summed E-state index contributed by atoms with van der Waals surface area (Å²) in [4.78, 5) is 36.6. The van der Waals surface area contributed by atoms with Crippen LogP contribution in [-0.2, 0) is 23.9 Å². The lowest BCUT2D eigenvalue weighted by Crippen LogP contribution is -2.39. The number of halogens is 2. The summed E-state index contributed by atoms with van der Waals surface area (Å²) < 4.78 is 10.6. The van der Waals surface area contributed by atoms with Gasteiger partial charge in [-0.15, -0.1) is 0 Å². The molecule has 0 spiro atoms. The molecule has 1 amide bonds. The first-order valence-electron chi connectivity index (χ1n) is 8.44. The molecule has 6 atom stereocenters. The molecule has 3 fully saturated rings. The van der Waals surface area contributed by atoms with Crippen molar-refractivity contribution < 1.29 is 23.9 Å². The smallest absolute Gasteiger partial charge is 0.310 e. The van der Waals surface area contributed by atoms with Crippen LogP contribution >= 0.6 is 27.5 Å². The maximum absolute atomic E-state index is 12.5. The van der Waals surface area contributed by atoms with Gasteiger partial charge in [-0.2, -0.15) is 0 Å². The molecule has 1 N–H and O–H groups in total. The Morgan fingerprint density at radius 2 is 2.15 bits per heavy atom. The van der Waals surface area contributed by atoms with Crippen LogP contribution < -0.4 is 5.32 Å². The molecule has 1 aromatic carbocycles. The molecule has 2 bridgehead atoms. The molecule has 1 saturated heterocycles. The van der Waals surface area contributed by atoms with Crippen molar-refractivity contribution in [1.29, 1.82) is 0 Å². The Labute approximate surface area is 163 Å². The lowest BCUT2D eigenvalue weighted by atomic mass is 9.80. The molecule has 2 aliphatic carbocycles. The number of aryl methyl sites for hydroxylation is 1. The van der Waals surface area contributed by atoms with Crippen LogP contribution in [0.25, 0.3) is 0 Å². The maximum Gasteiger partial charge on any atom is 0.310 e. The first kappa shape index (κ1) is 17.8. The van der Waals surface area contributed by atoms with E-state index in [0.717, 1.165) is 12.0 Å². The van der Waals surface area contributed by atoms with E-state index >= 15 is 0 Å². The summed E-state index contributed by atoms with van der Waals surface area (Å²) in [5.74, 6) is -2.21. The van der Waals surface area contributed by atoms with E-state index < -0.39 is 30.3 Å². The van der Waals surface area contributed by atoms with Gasteiger partial charge in [0.15, 0.2) is 6.61 Å². The number of alkyl halides is 1. The van der Waals surface area contributed by atoms with E-state index in [4.69, 9.17) is 21.1 Å². The van der Waals surface area contributed by atoms with Crippen molar-refractivity contribution in [2.24, 2.45) is 23.7 Å². The van der Waals surface area contributed by atoms with Crippen LogP contribution in [0.2, 0.25) is 5.02 Å². The van der Waals surface area contributed by atoms with Crippen LogP contribution in [-0.4, -0.2) is 35.4 Å². The molecule has 2 saturated carbocycles. The molecule has 26 heavy (non-hydrogen) atoms. The number of esters is 2. The number of fused-ring (bicyclic) bond motifs is 1. The lowest BCUT2D eigenvalue weighted by Gasteiger charge is -2.26. The Morgan fingerprint density at radius 1 is 1.38 bits per heavy atom. The average Bonchev–Trinajstić information content (AvgIpc) is 3.20. The van der Waals surface area contributed by atoms with Gasteiger partial charge >= 0.3 is 11.9 Å². The molecule has 8 heteroatoms. The molecule has 1 heterocycles. The van der Waals surface area contributed by atoms with Gasteiger partial charge in [0.05, 0.1) is 16.7 Å². The summed E-state index contributed by atoms with van der Waals surface area (Å²) in [6.07, 6.45) is 0.626. The Bertz CT molecular complexity index is 800. The maximum atomic E-state index is 12.5. The molecule has 0 unspecified atom stereocenters. The number of nitrogens with one attached hydrogen (secondary N) is 1. The minimum absolute atomic E-state index is 0.00733. The highest BCUT2D eigenvalue weighted by molar-refractivity contribution is 9.09. The summed E-state index contributed by atoms with van der Waals surface area (Å²) >= 11 is 9.57. The molecule has 3 aliphatic rings. The number of ether oxygens (including phenoxy) is 2. The Balaban J connectivity index is 1.36.